The number of benzene rings is 1. The topological polar surface area (TPSA) is 76.7 Å². The van der Waals surface area contributed by atoms with Gasteiger partial charge in [-0.1, -0.05) is 25.1 Å². The Morgan fingerprint density at radius 1 is 1.18 bits per heavy atom. The van der Waals surface area contributed by atoms with Gasteiger partial charge in [0.1, 0.15) is 5.60 Å². The van der Waals surface area contributed by atoms with Crippen LogP contribution in [0.4, 0.5) is 18.0 Å². The van der Waals surface area contributed by atoms with Crippen LogP contribution >= 0.6 is 0 Å². The Kier molecular flexibility index (Phi) is 8.29. The Morgan fingerprint density at radius 2 is 1.82 bits per heavy atom. The van der Waals surface area contributed by atoms with Crippen molar-refractivity contribution in [3.63, 3.8) is 0 Å². The average Bonchev–Trinajstić information content (AvgIpc) is 2.53. The van der Waals surface area contributed by atoms with E-state index < -0.39 is 41.3 Å². The predicted octanol–water partition coefficient (Wildman–Crippen LogP) is 4.16. The zero-order chi connectivity index (χ0) is 21.5. The SMILES string of the molecule is CC[C@H](C(=O)NOC[C@@H](C)NC(=O)OC(C)(C)C)c1cccc(C(F)(F)F)c1. The second kappa shape index (κ2) is 9.77. The molecule has 0 heterocycles. The van der Waals surface area contributed by atoms with Crippen LogP contribution in [0.25, 0.3) is 0 Å². The van der Waals surface area contributed by atoms with Crippen molar-refractivity contribution in [2.45, 2.75) is 64.8 Å². The zero-order valence-corrected chi connectivity index (χ0v) is 16.6. The van der Waals surface area contributed by atoms with Gasteiger partial charge < -0.3 is 10.1 Å². The smallest absolute Gasteiger partial charge is 0.416 e. The Bertz CT molecular complexity index is 672. The average molecular weight is 404 g/mol. The number of hydroxylamine groups is 1. The minimum Gasteiger partial charge on any atom is -0.444 e. The van der Waals surface area contributed by atoms with Crippen molar-refractivity contribution >= 4 is 12.0 Å². The van der Waals surface area contributed by atoms with Crippen LogP contribution < -0.4 is 10.8 Å². The van der Waals surface area contributed by atoms with E-state index in [-0.39, 0.29) is 12.2 Å². The Balaban J connectivity index is 2.58. The highest BCUT2D eigenvalue weighted by Crippen LogP contribution is 2.31. The van der Waals surface area contributed by atoms with Gasteiger partial charge in [0.15, 0.2) is 0 Å². The molecule has 1 aromatic carbocycles. The fraction of sp³-hybridized carbons (Fsp3) is 0.579. The highest BCUT2D eigenvalue weighted by Gasteiger charge is 2.31. The van der Waals surface area contributed by atoms with E-state index in [1.165, 1.54) is 12.1 Å². The normalized spacial score (nSPS) is 14.1. The summed E-state index contributed by atoms with van der Waals surface area (Å²) in [5, 5.41) is 2.55. The first kappa shape index (κ1) is 23.7. The third kappa shape index (κ3) is 8.16. The minimum absolute atomic E-state index is 0.0377. The van der Waals surface area contributed by atoms with Crippen LogP contribution in [0.5, 0.6) is 0 Å². The van der Waals surface area contributed by atoms with Crippen molar-refractivity contribution in [2.24, 2.45) is 0 Å². The van der Waals surface area contributed by atoms with E-state index in [4.69, 9.17) is 9.57 Å². The fourth-order valence-electron chi connectivity index (χ4n) is 2.36. The lowest BCUT2D eigenvalue weighted by Crippen LogP contribution is -2.41. The van der Waals surface area contributed by atoms with Crippen molar-refractivity contribution in [1.29, 1.82) is 0 Å². The number of nitrogens with one attached hydrogen (secondary N) is 2. The number of carbonyl (C=O) groups excluding carboxylic acids is 2. The third-order valence-electron chi connectivity index (χ3n) is 3.61. The standard InChI is InChI=1S/C19H27F3N2O4/c1-6-15(13-8-7-9-14(10-13)19(20,21)22)16(25)24-27-11-12(2)23-17(26)28-18(3,4)5/h7-10,12,15H,6,11H2,1-5H3,(H,23,26)(H,24,25)/t12-,15+/m1/s1. The second-order valence-electron chi connectivity index (χ2n) is 7.41. The molecule has 9 heteroatoms. The maximum absolute atomic E-state index is 12.9. The molecule has 1 rings (SSSR count). The van der Waals surface area contributed by atoms with Gasteiger partial charge in [0.2, 0.25) is 0 Å². The fourth-order valence-corrected chi connectivity index (χ4v) is 2.36. The minimum atomic E-state index is -4.48. The largest absolute Gasteiger partial charge is 0.444 e. The van der Waals surface area contributed by atoms with E-state index in [2.05, 4.69) is 10.8 Å². The summed E-state index contributed by atoms with van der Waals surface area (Å²) in [6.07, 6.45) is -4.81. The van der Waals surface area contributed by atoms with E-state index in [1.54, 1.807) is 34.6 Å². The molecule has 0 saturated carbocycles. The number of ether oxygens (including phenoxy) is 1. The molecule has 0 bridgehead atoms. The third-order valence-corrected chi connectivity index (χ3v) is 3.61. The molecule has 2 N–H and O–H groups in total. The van der Waals surface area contributed by atoms with Crippen LogP contribution in [0.2, 0.25) is 0 Å². The molecule has 0 aliphatic heterocycles. The highest BCUT2D eigenvalue weighted by atomic mass is 19.4. The molecule has 0 saturated heterocycles. The maximum atomic E-state index is 12.9. The molecule has 0 unspecified atom stereocenters. The van der Waals surface area contributed by atoms with Gasteiger partial charge in [0, 0.05) is 0 Å². The number of amides is 2. The zero-order valence-electron chi connectivity index (χ0n) is 16.6. The van der Waals surface area contributed by atoms with Gasteiger partial charge in [0.25, 0.3) is 5.91 Å². The van der Waals surface area contributed by atoms with Crippen LogP contribution in [-0.4, -0.2) is 30.3 Å². The number of carbonyl (C=O) groups is 2. The molecule has 0 radical (unpaired) electrons. The number of alkyl halides is 3. The summed E-state index contributed by atoms with van der Waals surface area (Å²) in [6, 6.07) is 4.19. The summed E-state index contributed by atoms with van der Waals surface area (Å²) in [5.74, 6) is -1.36. The molecular weight excluding hydrogens is 377 g/mol. The predicted molar refractivity (Wildman–Crippen MR) is 97.4 cm³/mol. The van der Waals surface area contributed by atoms with Crippen molar-refractivity contribution in [2.75, 3.05) is 6.61 Å². The maximum Gasteiger partial charge on any atom is 0.416 e. The Hall–Kier alpha value is -2.29. The Labute approximate surface area is 162 Å². The van der Waals surface area contributed by atoms with E-state index in [0.717, 1.165) is 12.1 Å². The van der Waals surface area contributed by atoms with Crippen LogP contribution in [0, 0.1) is 0 Å². The lowest BCUT2D eigenvalue weighted by molar-refractivity contribution is -0.138. The summed E-state index contributed by atoms with van der Waals surface area (Å²) in [7, 11) is 0. The van der Waals surface area contributed by atoms with Gasteiger partial charge in [0.05, 0.1) is 24.1 Å². The summed E-state index contributed by atoms with van der Waals surface area (Å²) in [6.45, 7) is 8.49. The van der Waals surface area contributed by atoms with Gasteiger partial charge >= 0.3 is 12.3 Å². The lowest BCUT2D eigenvalue weighted by Gasteiger charge is -2.22. The molecule has 0 aliphatic rings. The molecule has 1 aromatic rings. The first-order valence-corrected chi connectivity index (χ1v) is 8.91. The Morgan fingerprint density at radius 3 is 2.36 bits per heavy atom. The van der Waals surface area contributed by atoms with E-state index in [9.17, 15) is 22.8 Å². The van der Waals surface area contributed by atoms with E-state index in [1.807, 2.05) is 0 Å². The van der Waals surface area contributed by atoms with Crippen LogP contribution in [0.3, 0.4) is 0 Å². The number of rotatable bonds is 7. The molecule has 0 aliphatic carbocycles. The number of halogens is 3. The monoisotopic (exact) mass is 404 g/mol. The molecule has 2 amide bonds. The van der Waals surface area contributed by atoms with Crippen molar-refractivity contribution in [3.8, 4) is 0 Å². The number of hydrogen-bond acceptors (Lipinski definition) is 4. The second-order valence-corrected chi connectivity index (χ2v) is 7.41. The summed E-state index contributed by atoms with van der Waals surface area (Å²) in [5.41, 5.74) is 1.03. The molecule has 0 spiro atoms. The lowest BCUT2D eigenvalue weighted by atomic mass is 9.94. The van der Waals surface area contributed by atoms with Crippen LogP contribution in [0.1, 0.15) is 58.1 Å². The highest BCUT2D eigenvalue weighted by molar-refractivity contribution is 5.82. The summed E-state index contributed by atoms with van der Waals surface area (Å²) >= 11 is 0. The molecule has 6 nitrogen and oxygen atoms in total. The van der Waals surface area contributed by atoms with Gasteiger partial charge in [-0.2, -0.15) is 13.2 Å². The number of hydrogen-bond donors (Lipinski definition) is 2. The first-order chi connectivity index (χ1) is 12.8. The molecule has 2 atom stereocenters. The molecule has 0 fully saturated rings. The van der Waals surface area contributed by atoms with Crippen LogP contribution in [0.15, 0.2) is 24.3 Å². The molecule has 28 heavy (non-hydrogen) atoms. The number of alkyl carbamates (subject to hydrolysis) is 1. The molecular formula is C19H27F3N2O4. The van der Waals surface area contributed by atoms with E-state index >= 15 is 0 Å². The quantitative estimate of drug-likeness (QED) is 0.669. The molecule has 158 valence electrons. The van der Waals surface area contributed by atoms with Gasteiger partial charge in [-0.15, -0.1) is 0 Å². The van der Waals surface area contributed by atoms with Gasteiger partial charge in [-0.25, -0.2) is 10.3 Å². The van der Waals surface area contributed by atoms with Crippen molar-refractivity contribution < 1.29 is 32.3 Å². The van der Waals surface area contributed by atoms with Crippen molar-refractivity contribution in [1.82, 2.24) is 10.8 Å². The van der Waals surface area contributed by atoms with E-state index in [0.29, 0.717) is 6.42 Å². The van der Waals surface area contributed by atoms with Crippen LogP contribution in [-0.2, 0) is 20.5 Å². The summed E-state index contributed by atoms with van der Waals surface area (Å²) < 4.78 is 43.7. The summed E-state index contributed by atoms with van der Waals surface area (Å²) in [4.78, 5) is 29.0. The van der Waals surface area contributed by atoms with Gasteiger partial charge in [-0.3, -0.25) is 9.63 Å². The first-order valence-electron chi connectivity index (χ1n) is 8.91. The molecule has 0 aromatic heterocycles. The van der Waals surface area contributed by atoms with Crippen molar-refractivity contribution in [3.05, 3.63) is 35.4 Å². The van der Waals surface area contributed by atoms with Gasteiger partial charge in [-0.05, 0) is 45.7 Å².